The molecular weight excluding hydrogens is 783 g/mol. The largest absolute Gasteiger partial charge is 0.491 e. The van der Waals surface area contributed by atoms with Crippen LogP contribution in [0.15, 0.2) is 65.1 Å². The number of amides is 3. The molecule has 4 heterocycles. The maximum absolute atomic E-state index is 14.5. The summed E-state index contributed by atoms with van der Waals surface area (Å²) in [6.45, 7) is 3.88. The van der Waals surface area contributed by atoms with Gasteiger partial charge in [-0.3, -0.25) is 19.1 Å². The highest BCUT2D eigenvalue weighted by molar-refractivity contribution is 7.91. The number of para-hydroxylation sites is 1. The van der Waals surface area contributed by atoms with E-state index in [0.717, 1.165) is 24.6 Å². The van der Waals surface area contributed by atoms with Gasteiger partial charge in [0.25, 0.3) is 11.8 Å². The number of nitrogens with one attached hydrogen (secondary N) is 3. The molecule has 0 radical (unpaired) electrons. The van der Waals surface area contributed by atoms with Gasteiger partial charge in [-0.2, -0.15) is 4.98 Å². The number of hydrogen-bond donors (Lipinski definition) is 4. The molecule has 4 aliphatic rings. The van der Waals surface area contributed by atoms with Gasteiger partial charge >= 0.3 is 0 Å². The lowest BCUT2D eigenvalue weighted by atomic mass is 10.1. The number of hydrogen-bond acceptors (Lipinski definition) is 11. The summed E-state index contributed by atoms with van der Waals surface area (Å²) in [5.74, 6) is -1.03. The van der Waals surface area contributed by atoms with Crippen LogP contribution in [-0.4, -0.2) is 87.7 Å². The third-order valence-electron chi connectivity index (χ3n) is 11.1. The van der Waals surface area contributed by atoms with E-state index < -0.39 is 62.6 Å². The van der Waals surface area contributed by atoms with Gasteiger partial charge in [-0.25, -0.2) is 13.4 Å². The van der Waals surface area contributed by atoms with Gasteiger partial charge in [0, 0.05) is 23.3 Å². The van der Waals surface area contributed by atoms with Crippen molar-refractivity contribution in [3.63, 3.8) is 0 Å². The molecule has 17 heteroatoms. The number of rotatable bonds is 9. The van der Waals surface area contributed by atoms with Gasteiger partial charge in [0.1, 0.15) is 40.6 Å². The molecule has 3 amide bonds. The molecular formula is C41H47N7O8S2. The van der Waals surface area contributed by atoms with Crippen molar-refractivity contribution >= 4 is 67.1 Å². The molecule has 4 aromatic rings. The number of fused-ring (bicyclic) bond motifs is 5. The summed E-state index contributed by atoms with van der Waals surface area (Å²) < 4.78 is 46.7. The van der Waals surface area contributed by atoms with Gasteiger partial charge in [0.05, 0.1) is 17.9 Å². The van der Waals surface area contributed by atoms with E-state index in [1.807, 2.05) is 74.5 Å². The van der Waals surface area contributed by atoms with E-state index >= 15 is 0 Å². The Morgan fingerprint density at radius 2 is 1.84 bits per heavy atom. The Kier molecular flexibility index (Phi) is 10.8. The quantitative estimate of drug-likeness (QED) is 0.137. The van der Waals surface area contributed by atoms with Gasteiger partial charge in [-0.1, -0.05) is 37.1 Å². The van der Waals surface area contributed by atoms with Crippen LogP contribution in [0.5, 0.6) is 11.6 Å². The smallest absolute Gasteiger partial charge is 0.262 e. The van der Waals surface area contributed by atoms with E-state index in [0.29, 0.717) is 59.5 Å². The minimum atomic E-state index is -3.90. The van der Waals surface area contributed by atoms with Crippen LogP contribution in [0.1, 0.15) is 71.6 Å². The van der Waals surface area contributed by atoms with Gasteiger partial charge in [-0.15, -0.1) is 0 Å². The zero-order valence-electron chi connectivity index (χ0n) is 32.3. The Hall–Kier alpha value is -5.29. The molecule has 5 N–H and O–H groups in total. The standard InChI is InChI=1S/C41H47N7O8S2/c1-23(2)54-26-16-14-24(15-17-26)35-44-33-29-11-8-9-13-32(29)56-34(33)37(45-35)55-27-20-31-36(49)46-41(39(51)47-58(52,53)28-18-19-28)21-25(41)10-6-4-3-5-7-12-30(43-40(42)57)38(50)48(31)22-27/h6,8-11,13-17,23,25,27-28,30-31H,3-5,7,12,18-22H2,1-2H3,(H,46,49)(H,47,51)(H3,42,43,57)/b10-6-. The summed E-state index contributed by atoms with van der Waals surface area (Å²) in [5, 5.41) is 5.92. The molecule has 306 valence electrons. The molecule has 2 aliphatic carbocycles. The number of allylic oxidation sites excluding steroid dienone is 1. The highest BCUT2D eigenvalue weighted by Crippen LogP contribution is 2.46. The number of furan rings is 1. The fourth-order valence-electron chi connectivity index (χ4n) is 7.91. The molecule has 15 nitrogen and oxygen atoms in total. The van der Waals surface area contributed by atoms with Crippen molar-refractivity contribution < 1.29 is 36.7 Å². The molecule has 58 heavy (non-hydrogen) atoms. The lowest BCUT2D eigenvalue weighted by molar-refractivity contribution is -0.141. The van der Waals surface area contributed by atoms with E-state index in [1.54, 1.807) is 0 Å². The van der Waals surface area contributed by atoms with Crippen LogP contribution in [0.2, 0.25) is 0 Å². The molecule has 0 bridgehead atoms. The molecule has 3 fully saturated rings. The second-order valence-electron chi connectivity index (χ2n) is 15.9. The van der Waals surface area contributed by atoms with Crippen molar-refractivity contribution in [1.29, 1.82) is 0 Å². The van der Waals surface area contributed by atoms with Gasteiger partial charge in [0.15, 0.2) is 10.9 Å². The zero-order valence-corrected chi connectivity index (χ0v) is 33.9. The first-order valence-corrected chi connectivity index (χ1v) is 21.8. The topological polar surface area (TPSA) is 208 Å². The molecule has 2 aromatic heterocycles. The van der Waals surface area contributed by atoms with Crippen molar-refractivity contribution in [3.8, 4) is 23.0 Å². The Morgan fingerprint density at radius 3 is 2.59 bits per heavy atom. The monoisotopic (exact) mass is 829 g/mol. The number of nitrogens with two attached hydrogens (primary N) is 1. The average Bonchev–Trinajstić information content (AvgIpc) is 4.08. The Labute approximate surface area is 341 Å². The number of ether oxygens (including phenoxy) is 2. The molecule has 2 aliphatic heterocycles. The van der Waals surface area contributed by atoms with E-state index in [4.69, 9.17) is 41.8 Å². The number of thiocarbonyl (C=S) groups is 1. The molecule has 2 saturated carbocycles. The predicted octanol–water partition coefficient (Wildman–Crippen LogP) is 4.38. The SMILES string of the molecule is CC(C)Oc1ccc(-c2nc(OC3CC4C(=O)NC5(C(=O)NS(=O)(=O)C6CC6)CC5/C=C\CCCCCC(NC(N)=S)C(=O)N4C3)c3oc4ccccc4c3n2)cc1. The molecule has 0 spiro atoms. The first kappa shape index (κ1) is 39.5. The first-order valence-electron chi connectivity index (χ1n) is 19.9. The van der Waals surface area contributed by atoms with Crippen molar-refractivity contribution in [1.82, 2.24) is 30.2 Å². The van der Waals surface area contributed by atoms with E-state index in [1.165, 1.54) is 4.90 Å². The van der Waals surface area contributed by atoms with Crippen LogP contribution in [-0.2, 0) is 24.4 Å². The number of carbonyl (C=O) groups excluding carboxylic acids is 3. The zero-order chi connectivity index (χ0) is 40.8. The van der Waals surface area contributed by atoms with Crippen LogP contribution in [0, 0.1) is 5.92 Å². The highest BCUT2D eigenvalue weighted by Gasteiger charge is 2.62. The lowest BCUT2D eigenvalue weighted by Crippen LogP contribution is -2.58. The summed E-state index contributed by atoms with van der Waals surface area (Å²) in [5.41, 5.74) is 6.51. The minimum Gasteiger partial charge on any atom is -0.491 e. The van der Waals surface area contributed by atoms with Crippen LogP contribution in [0.4, 0.5) is 0 Å². The van der Waals surface area contributed by atoms with Crippen LogP contribution in [0.3, 0.4) is 0 Å². The van der Waals surface area contributed by atoms with Gasteiger partial charge < -0.3 is 35.2 Å². The summed E-state index contributed by atoms with van der Waals surface area (Å²) in [4.78, 5) is 53.9. The number of benzene rings is 2. The normalized spacial score (nSPS) is 25.9. The van der Waals surface area contributed by atoms with Crippen LogP contribution >= 0.6 is 12.2 Å². The van der Waals surface area contributed by atoms with Crippen LogP contribution in [0.25, 0.3) is 33.5 Å². The lowest BCUT2D eigenvalue weighted by Gasteiger charge is -2.30. The number of sulfonamides is 1. The number of aromatic nitrogens is 2. The van der Waals surface area contributed by atoms with Crippen molar-refractivity contribution in [2.75, 3.05) is 6.54 Å². The Balaban J connectivity index is 1.14. The minimum absolute atomic E-state index is 0.00277. The van der Waals surface area contributed by atoms with Gasteiger partial charge in [0.2, 0.25) is 27.4 Å². The number of nitrogens with zero attached hydrogens (tertiary/aromatic N) is 3. The van der Waals surface area contributed by atoms with Crippen molar-refractivity contribution in [3.05, 3.63) is 60.7 Å². The van der Waals surface area contributed by atoms with E-state index in [9.17, 15) is 22.8 Å². The Morgan fingerprint density at radius 1 is 1.07 bits per heavy atom. The molecule has 8 rings (SSSR count). The fourth-order valence-corrected chi connectivity index (χ4v) is 9.41. The summed E-state index contributed by atoms with van der Waals surface area (Å²) in [7, 11) is -3.90. The van der Waals surface area contributed by atoms with Gasteiger partial charge in [-0.05, 0) is 101 Å². The molecule has 5 unspecified atom stereocenters. The highest BCUT2D eigenvalue weighted by atomic mass is 32.2. The molecule has 5 atom stereocenters. The molecule has 2 aromatic carbocycles. The molecule has 1 saturated heterocycles. The van der Waals surface area contributed by atoms with E-state index in [2.05, 4.69) is 15.4 Å². The second kappa shape index (κ2) is 15.8. The predicted molar refractivity (Wildman–Crippen MR) is 220 cm³/mol. The van der Waals surface area contributed by atoms with Crippen molar-refractivity contribution in [2.45, 2.75) is 107 Å². The third-order valence-corrected chi connectivity index (χ3v) is 13.0. The number of carbonyl (C=O) groups is 3. The first-order chi connectivity index (χ1) is 27.8. The average molecular weight is 830 g/mol. The fraction of sp³-hybridized carbons (Fsp3) is 0.463. The third kappa shape index (κ3) is 8.19. The second-order valence-corrected chi connectivity index (χ2v) is 18.3. The summed E-state index contributed by atoms with van der Waals surface area (Å²) >= 11 is 5.16. The summed E-state index contributed by atoms with van der Waals surface area (Å²) in [6.07, 6.45) is 7.73. The Bertz CT molecular complexity index is 2400. The van der Waals surface area contributed by atoms with E-state index in [-0.39, 0.29) is 36.5 Å². The summed E-state index contributed by atoms with van der Waals surface area (Å²) in [6, 6.07) is 12.9. The maximum atomic E-state index is 14.5. The maximum Gasteiger partial charge on any atom is 0.262 e. The van der Waals surface area contributed by atoms with Crippen molar-refractivity contribution in [2.24, 2.45) is 11.7 Å². The van der Waals surface area contributed by atoms with Crippen LogP contribution < -0.4 is 30.6 Å².